The zero-order chi connectivity index (χ0) is 13.7. The summed E-state index contributed by atoms with van der Waals surface area (Å²) in [7, 11) is 0. The molecule has 0 bridgehead atoms. The molecule has 2 N–H and O–H groups in total. The summed E-state index contributed by atoms with van der Waals surface area (Å²) in [5, 5.41) is 11.7. The molecule has 3 nitrogen and oxygen atoms in total. The number of carbonyl (C=O) groups is 1. The first-order valence-electron chi connectivity index (χ1n) is 6.47. The van der Waals surface area contributed by atoms with Crippen LogP contribution in [0.2, 0.25) is 0 Å². The summed E-state index contributed by atoms with van der Waals surface area (Å²) in [6.45, 7) is 0.731. The Morgan fingerprint density at radius 1 is 1.42 bits per heavy atom. The van der Waals surface area contributed by atoms with E-state index in [2.05, 4.69) is 5.32 Å². The van der Waals surface area contributed by atoms with Crippen LogP contribution in [0, 0.1) is 11.2 Å². The summed E-state index contributed by atoms with van der Waals surface area (Å²) in [6.07, 6.45) is 5.63. The molecule has 1 saturated carbocycles. The molecule has 102 valence electrons. The Bertz CT molecular complexity index is 481. The Morgan fingerprint density at radius 3 is 2.79 bits per heavy atom. The minimum atomic E-state index is -0.342. The van der Waals surface area contributed by atoms with Gasteiger partial charge in [-0.3, -0.25) is 4.79 Å². The largest absolute Gasteiger partial charge is 0.396 e. The van der Waals surface area contributed by atoms with Crippen LogP contribution in [-0.4, -0.2) is 24.2 Å². The molecule has 0 aromatic heterocycles. The van der Waals surface area contributed by atoms with E-state index in [1.165, 1.54) is 18.2 Å². The monoisotopic (exact) mass is 263 g/mol. The minimum absolute atomic E-state index is 0.0935. The number of aliphatic hydroxyl groups is 1. The van der Waals surface area contributed by atoms with Crippen molar-refractivity contribution in [3.8, 4) is 0 Å². The summed E-state index contributed by atoms with van der Waals surface area (Å²) >= 11 is 0. The van der Waals surface area contributed by atoms with Gasteiger partial charge in [-0.05, 0) is 36.8 Å². The second kappa shape index (κ2) is 5.97. The SMILES string of the molecule is O=C(/C=C/c1ccccc1F)NCC1(CCO)CC1. The molecule has 1 amide bonds. The van der Waals surface area contributed by atoms with E-state index in [9.17, 15) is 9.18 Å². The van der Waals surface area contributed by atoms with E-state index in [4.69, 9.17) is 5.11 Å². The van der Waals surface area contributed by atoms with Crippen LogP contribution in [0.15, 0.2) is 30.3 Å². The zero-order valence-corrected chi connectivity index (χ0v) is 10.7. The molecule has 4 heteroatoms. The van der Waals surface area contributed by atoms with Crippen molar-refractivity contribution < 1.29 is 14.3 Å². The van der Waals surface area contributed by atoms with Gasteiger partial charge in [0.05, 0.1) is 0 Å². The van der Waals surface area contributed by atoms with E-state index in [1.54, 1.807) is 18.2 Å². The van der Waals surface area contributed by atoms with Crippen molar-refractivity contribution in [2.45, 2.75) is 19.3 Å². The molecule has 1 aromatic carbocycles. The predicted molar refractivity (Wildman–Crippen MR) is 71.8 cm³/mol. The van der Waals surface area contributed by atoms with Gasteiger partial charge in [-0.2, -0.15) is 0 Å². The standard InChI is InChI=1S/C15H18FNO2/c16-13-4-2-1-3-12(13)5-6-14(19)17-11-15(7-8-15)9-10-18/h1-6,18H,7-11H2,(H,17,19)/b6-5+. The highest BCUT2D eigenvalue weighted by Crippen LogP contribution is 2.47. The molecule has 1 aliphatic rings. The number of hydrogen-bond donors (Lipinski definition) is 2. The average Bonchev–Trinajstić information content (AvgIpc) is 3.16. The number of carbonyl (C=O) groups excluding carboxylic acids is 1. The van der Waals surface area contributed by atoms with Crippen molar-refractivity contribution in [1.29, 1.82) is 0 Å². The lowest BCUT2D eigenvalue weighted by Gasteiger charge is -2.13. The fourth-order valence-electron chi connectivity index (χ4n) is 2.04. The molecule has 2 rings (SSSR count). The van der Waals surface area contributed by atoms with Gasteiger partial charge >= 0.3 is 0 Å². The van der Waals surface area contributed by atoms with Gasteiger partial charge in [-0.25, -0.2) is 4.39 Å². The topological polar surface area (TPSA) is 49.3 Å². The highest BCUT2D eigenvalue weighted by Gasteiger charge is 2.41. The maximum atomic E-state index is 13.3. The fourth-order valence-corrected chi connectivity index (χ4v) is 2.04. The Kier molecular flexibility index (Phi) is 4.32. The number of amides is 1. The van der Waals surface area contributed by atoms with E-state index < -0.39 is 0 Å². The van der Waals surface area contributed by atoms with Crippen molar-refractivity contribution in [2.24, 2.45) is 5.41 Å². The van der Waals surface area contributed by atoms with Gasteiger partial charge in [0.25, 0.3) is 0 Å². The summed E-state index contributed by atoms with van der Waals surface area (Å²) in [6, 6.07) is 6.31. The van der Waals surface area contributed by atoms with E-state index in [1.807, 2.05) is 0 Å². The Morgan fingerprint density at radius 2 is 2.16 bits per heavy atom. The van der Waals surface area contributed by atoms with Crippen molar-refractivity contribution >= 4 is 12.0 Å². The molecule has 19 heavy (non-hydrogen) atoms. The first-order valence-corrected chi connectivity index (χ1v) is 6.47. The quantitative estimate of drug-likeness (QED) is 0.772. The molecular formula is C15H18FNO2. The highest BCUT2D eigenvalue weighted by molar-refractivity contribution is 5.91. The highest BCUT2D eigenvalue weighted by atomic mass is 19.1. The molecule has 0 spiro atoms. The second-order valence-electron chi connectivity index (χ2n) is 5.05. The van der Waals surface area contributed by atoms with Crippen molar-refractivity contribution in [2.75, 3.05) is 13.2 Å². The summed E-state index contributed by atoms with van der Waals surface area (Å²) in [5.41, 5.74) is 0.491. The lowest BCUT2D eigenvalue weighted by Crippen LogP contribution is -2.29. The minimum Gasteiger partial charge on any atom is -0.396 e. The molecule has 0 saturated heterocycles. The number of halogens is 1. The van der Waals surface area contributed by atoms with Gasteiger partial charge < -0.3 is 10.4 Å². The van der Waals surface area contributed by atoms with E-state index in [0.717, 1.165) is 19.3 Å². The van der Waals surface area contributed by atoms with Crippen LogP contribution in [0.4, 0.5) is 4.39 Å². The maximum Gasteiger partial charge on any atom is 0.244 e. The third kappa shape index (κ3) is 3.89. The van der Waals surface area contributed by atoms with Crippen molar-refractivity contribution in [1.82, 2.24) is 5.32 Å². The van der Waals surface area contributed by atoms with Gasteiger partial charge in [0.2, 0.25) is 5.91 Å². The molecule has 0 aliphatic heterocycles. The summed E-state index contributed by atoms with van der Waals surface area (Å²) in [4.78, 5) is 11.6. The smallest absolute Gasteiger partial charge is 0.244 e. The molecule has 1 aromatic rings. The second-order valence-corrected chi connectivity index (χ2v) is 5.05. The van der Waals surface area contributed by atoms with E-state index in [0.29, 0.717) is 12.1 Å². The van der Waals surface area contributed by atoms with Crippen LogP contribution in [0.1, 0.15) is 24.8 Å². The molecular weight excluding hydrogens is 245 g/mol. The Labute approximate surface area is 112 Å². The first kappa shape index (κ1) is 13.7. The van der Waals surface area contributed by atoms with E-state index in [-0.39, 0.29) is 23.7 Å². The van der Waals surface area contributed by atoms with Crippen LogP contribution in [0.25, 0.3) is 6.08 Å². The summed E-state index contributed by atoms with van der Waals surface area (Å²) < 4.78 is 13.3. The zero-order valence-electron chi connectivity index (χ0n) is 10.7. The third-order valence-corrected chi connectivity index (χ3v) is 3.56. The molecule has 0 unspecified atom stereocenters. The molecule has 1 aliphatic carbocycles. The third-order valence-electron chi connectivity index (χ3n) is 3.56. The Hall–Kier alpha value is -1.68. The van der Waals surface area contributed by atoms with Gasteiger partial charge in [-0.15, -0.1) is 0 Å². The lowest BCUT2D eigenvalue weighted by molar-refractivity contribution is -0.116. The summed E-state index contributed by atoms with van der Waals surface area (Å²) in [5.74, 6) is -0.571. The van der Waals surface area contributed by atoms with Crippen LogP contribution in [0.3, 0.4) is 0 Å². The van der Waals surface area contributed by atoms with Gasteiger partial charge in [-0.1, -0.05) is 18.2 Å². The molecule has 1 fully saturated rings. The van der Waals surface area contributed by atoms with Gasteiger partial charge in [0, 0.05) is 24.8 Å². The Balaban J connectivity index is 1.83. The molecule has 0 atom stereocenters. The number of benzene rings is 1. The van der Waals surface area contributed by atoms with Crippen molar-refractivity contribution in [3.63, 3.8) is 0 Å². The van der Waals surface area contributed by atoms with Gasteiger partial charge in [0.1, 0.15) is 5.82 Å². The first-order chi connectivity index (χ1) is 9.15. The van der Waals surface area contributed by atoms with Crippen LogP contribution >= 0.6 is 0 Å². The lowest BCUT2D eigenvalue weighted by atomic mass is 10.0. The van der Waals surface area contributed by atoms with E-state index >= 15 is 0 Å². The van der Waals surface area contributed by atoms with Crippen molar-refractivity contribution in [3.05, 3.63) is 41.7 Å². The van der Waals surface area contributed by atoms with Crippen LogP contribution in [-0.2, 0) is 4.79 Å². The average molecular weight is 263 g/mol. The molecule has 0 radical (unpaired) electrons. The fraction of sp³-hybridized carbons (Fsp3) is 0.400. The normalized spacial score (nSPS) is 16.5. The maximum absolute atomic E-state index is 13.3. The molecule has 0 heterocycles. The predicted octanol–water partition coefficient (Wildman–Crippen LogP) is 2.12. The number of rotatable bonds is 6. The number of nitrogens with one attached hydrogen (secondary N) is 1. The van der Waals surface area contributed by atoms with Crippen LogP contribution < -0.4 is 5.32 Å². The number of aliphatic hydroxyl groups excluding tert-OH is 1. The van der Waals surface area contributed by atoms with Crippen LogP contribution in [0.5, 0.6) is 0 Å². The van der Waals surface area contributed by atoms with Gasteiger partial charge in [0.15, 0.2) is 0 Å². The number of hydrogen-bond acceptors (Lipinski definition) is 2.